The van der Waals surface area contributed by atoms with Crippen molar-refractivity contribution in [3.8, 4) is 5.75 Å². The monoisotopic (exact) mass is 251 g/mol. The zero-order chi connectivity index (χ0) is 12.9. The zero-order valence-electron chi connectivity index (χ0n) is 11.4. The van der Waals surface area contributed by atoms with Gasteiger partial charge in [0.1, 0.15) is 11.3 Å². The summed E-state index contributed by atoms with van der Waals surface area (Å²) in [4.78, 5) is 0. The second kappa shape index (κ2) is 5.69. The Labute approximate surface area is 106 Å². The van der Waals surface area contributed by atoms with Gasteiger partial charge in [0.15, 0.2) is 13.2 Å². The van der Waals surface area contributed by atoms with Crippen LogP contribution >= 0.6 is 7.49 Å². The lowest BCUT2D eigenvalue weighted by atomic mass is 10.3. The van der Waals surface area contributed by atoms with Crippen LogP contribution in [0.5, 0.6) is 5.75 Å². The maximum Gasteiger partial charge on any atom is 0.199 e. The average molecular weight is 251 g/mol. The van der Waals surface area contributed by atoms with Crippen LogP contribution in [0.15, 0.2) is 43.0 Å². The third kappa shape index (κ3) is 3.33. The fraction of sp³-hybridized carbons (Fsp3) is 0.467. The molecule has 0 radical (unpaired) electrons. The summed E-state index contributed by atoms with van der Waals surface area (Å²) in [5, 5.41) is 0.186. The van der Waals surface area contributed by atoms with E-state index < -0.39 is 7.49 Å². The largest absolute Gasteiger partial charge is 0.350 e. The highest BCUT2D eigenvalue weighted by atomic mass is 31.2. The maximum absolute atomic E-state index is 6.40. The molecule has 0 fully saturated rings. The van der Waals surface area contributed by atoms with Crippen LogP contribution in [0.25, 0.3) is 0 Å². The van der Waals surface area contributed by atoms with Crippen LogP contribution in [0.1, 0.15) is 27.7 Å². The molecule has 0 aliphatic heterocycles. The summed E-state index contributed by atoms with van der Waals surface area (Å²) in [6.45, 7) is 12.9. The lowest BCUT2D eigenvalue weighted by Crippen LogP contribution is -2.27. The molecule has 1 nitrogen and oxygen atoms in total. The van der Waals surface area contributed by atoms with Gasteiger partial charge in [0, 0.05) is 0 Å². The third-order valence-corrected chi connectivity index (χ3v) is 8.06. The molecular formula is C15H24OP+. The molecule has 17 heavy (non-hydrogen) atoms. The minimum Gasteiger partial charge on any atom is -0.350 e. The number of para-hydroxylation sites is 1. The standard InChI is InChI=1S/C15H24OP/c1-6-13-17(7-2,15(3,4)5)16-14-11-9-8-10-12-14/h6,8-12H,1,7,13H2,2-5H3/q+1. The van der Waals surface area contributed by atoms with Crippen molar-refractivity contribution < 1.29 is 4.52 Å². The fourth-order valence-electron chi connectivity index (χ4n) is 2.01. The van der Waals surface area contributed by atoms with Crippen LogP contribution in [-0.4, -0.2) is 17.5 Å². The molecule has 0 aliphatic carbocycles. The van der Waals surface area contributed by atoms with E-state index >= 15 is 0 Å². The first-order chi connectivity index (χ1) is 7.95. The summed E-state index contributed by atoms with van der Waals surface area (Å²) in [6.07, 6.45) is 4.06. The number of allylic oxidation sites excluding steroid dienone is 1. The van der Waals surface area contributed by atoms with Crippen LogP contribution < -0.4 is 4.52 Å². The quantitative estimate of drug-likeness (QED) is 0.528. The van der Waals surface area contributed by atoms with Crippen molar-refractivity contribution in [2.75, 3.05) is 12.3 Å². The van der Waals surface area contributed by atoms with Gasteiger partial charge in [-0.3, -0.25) is 0 Å². The van der Waals surface area contributed by atoms with E-state index in [1.807, 2.05) is 36.4 Å². The van der Waals surface area contributed by atoms with Crippen molar-refractivity contribution in [3.05, 3.63) is 43.0 Å². The Hall–Kier alpha value is -0.810. The van der Waals surface area contributed by atoms with Gasteiger partial charge in [0.05, 0.1) is 6.16 Å². The minimum atomic E-state index is -1.50. The van der Waals surface area contributed by atoms with E-state index in [1.54, 1.807) is 0 Å². The first kappa shape index (κ1) is 14.3. The van der Waals surface area contributed by atoms with Crippen molar-refractivity contribution in [2.45, 2.75) is 32.9 Å². The van der Waals surface area contributed by atoms with E-state index in [0.29, 0.717) is 0 Å². The second-order valence-electron chi connectivity index (χ2n) is 5.25. The summed E-state index contributed by atoms with van der Waals surface area (Å²) in [7, 11) is -1.50. The van der Waals surface area contributed by atoms with Crippen LogP contribution in [0.4, 0.5) is 0 Å². The Bertz CT molecular complexity index is 353. The predicted octanol–water partition coefficient (Wildman–Crippen LogP) is 5.00. The summed E-state index contributed by atoms with van der Waals surface area (Å²) < 4.78 is 6.40. The third-order valence-electron chi connectivity index (χ3n) is 3.18. The lowest BCUT2D eigenvalue weighted by molar-refractivity contribution is 0.551. The molecule has 0 heterocycles. The van der Waals surface area contributed by atoms with E-state index in [0.717, 1.165) is 18.1 Å². The van der Waals surface area contributed by atoms with E-state index in [1.165, 1.54) is 0 Å². The van der Waals surface area contributed by atoms with Gasteiger partial charge in [-0.05, 0) is 39.8 Å². The first-order valence-electron chi connectivity index (χ1n) is 6.18. The summed E-state index contributed by atoms with van der Waals surface area (Å²) in [5.41, 5.74) is 0. The normalized spacial score (nSPS) is 15.1. The first-order valence-corrected chi connectivity index (χ1v) is 8.25. The highest BCUT2D eigenvalue weighted by Gasteiger charge is 2.50. The molecule has 1 aromatic carbocycles. The molecule has 1 rings (SSSR count). The molecule has 0 N–H and O–H groups in total. The van der Waals surface area contributed by atoms with E-state index in [-0.39, 0.29) is 5.16 Å². The molecule has 0 saturated heterocycles. The topological polar surface area (TPSA) is 9.23 Å². The maximum atomic E-state index is 6.40. The molecular weight excluding hydrogens is 227 g/mol. The van der Waals surface area contributed by atoms with Gasteiger partial charge >= 0.3 is 0 Å². The molecule has 0 aromatic heterocycles. The summed E-state index contributed by atoms with van der Waals surface area (Å²) in [6, 6.07) is 10.1. The molecule has 2 heteroatoms. The molecule has 1 aromatic rings. The Balaban J connectivity index is 3.02. The molecule has 0 saturated carbocycles. The smallest absolute Gasteiger partial charge is 0.199 e. The highest BCUT2D eigenvalue weighted by Crippen LogP contribution is 2.68. The Morgan fingerprint density at radius 1 is 1.24 bits per heavy atom. The molecule has 0 amide bonds. The van der Waals surface area contributed by atoms with E-state index in [2.05, 4.69) is 34.3 Å². The van der Waals surface area contributed by atoms with Crippen LogP contribution in [-0.2, 0) is 0 Å². The molecule has 0 spiro atoms. The average Bonchev–Trinajstić information content (AvgIpc) is 2.28. The van der Waals surface area contributed by atoms with Gasteiger partial charge in [0.2, 0.25) is 0 Å². The zero-order valence-corrected chi connectivity index (χ0v) is 12.3. The van der Waals surface area contributed by atoms with Gasteiger partial charge in [-0.1, -0.05) is 30.9 Å². The van der Waals surface area contributed by atoms with Crippen molar-refractivity contribution in [1.82, 2.24) is 0 Å². The summed E-state index contributed by atoms with van der Waals surface area (Å²) >= 11 is 0. The lowest BCUT2D eigenvalue weighted by Gasteiger charge is -2.35. The molecule has 94 valence electrons. The van der Waals surface area contributed by atoms with Crippen molar-refractivity contribution >= 4 is 7.49 Å². The second-order valence-corrected chi connectivity index (χ2v) is 9.55. The van der Waals surface area contributed by atoms with Gasteiger partial charge in [0.25, 0.3) is 0 Å². The Morgan fingerprint density at radius 3 is 2.24 bits per heavy atom. The Morgan fingerprint density at radius 2 is 1.82 bits per heavy atom. The van der Waals surface area contributed by atoms with E-state index in [4.69, 9.17) is 4.52 Å². The fourth-order valence-corrected chi connectivity index (χ4v) is 5.18. The molecule has 1 unspecified atom stereocenters. The van der Waals surface area contributed by atoms with Crippen molar-refractivity contribution in [2.24, 2.45) is 0 Å². The minimum absolute atomic E-state index is 0.186. The number of hydrogen-bond donors (Lipinski definition) is 0. The number of hydrogen-bond acceptors (Lipinski definition) is 1. The Kier molecular flexibility index (Phi) is 4.77. The van der Waals surface area contributed by atoms with Crippen LogP contribution in [0, 0.1) is 0 Å². The molecule has 1 atom stereocenters. The predicted molar refractivity (Wildman–Crippen MR) is 79.3 cm³/mol. The van der Waals surface area contributed by atoms with E-state index in [9.17, 15) is 0 Å². The van der Waals surface area contributed by atoms with Gasteiger partial charge in [-0.25, -0.2) is 0 Å². The molecule has 0 aliphatic rings. The number of benzene rings is 1. The van der Waals surface area contributed by atoms with Crippen molar-refractivity contribution in [3.63, 3.8) is 0 Å². The van der Waals surface area contributed by atoms with Gasteiger partial charge in [-0.2, -0.15) is 0 Å². The van der Waals surface area contributed by atoms with Gasteiger partial charge in [-0.15, -0.1) is 0 Å². The summed E-state index contributed by atoms with van der Waals surface area (Å²) in [5.74, 6) is 0.986. The number of rotatable bonds is 5. The van der Waals surface area contributed by atoms with Crippen LogP contribution in [0.3, 0.4) is 0 Å². The SMILES string of the molecule is C=CC[P+](CC)(Oc1ccccc1)C(C)(C)C. The van der Waals surface area contributed by atoms with Crippen LogP contribution in [0.2, 0.25) is 0 Å². The molecule has 0 bridgehead atoms. The van der Waals surface area contributed by atoms with Crippen molar-refractivity contribution in [1.29, 1.82) is 0 Å². The highest BCUT2D eigenvalue weighted by molar-refractivity contribution is 7.73. The van der Waals surface area contributed by atoms with Gasteiger partial charge < -0.3 is 4.52 Å².